The first-order valence-corrected chi connectivity index (χ1v) is 8.27. The zero-order valence-corrected chi connectivity index (χ0v) is 13.9. The Balaban J connectivity index is 1.66. The summed E-state index contributed by atoms with van der Waals surface area (Å²) in [6.07, 6.45) is 4.16. The van der Waals surface area contributed by atoms with Crippen molar-refractivity contribution < 1.29 is 14.4 Å². The lowest BCUT2D eigenvalue weighted by molar-refractivity contribution is -0.147. The largest absolute Gasteiger partial charge is 0.347 e. The zero-order valence-electron chi connectivity index (χ0n) is 13.9. The first-order valence-electron chi connectivity index (χ1n) is 8.27. The van der Waals surface area contributed by atoms with E-state index in [1.54, 1.807) is 23.2 Å². The highest BCUT2D eigenvalue weighted by atomic mass is 16.2. The average Bonchev–Trinajstić information content (AvgIpc) is 2.97. The van der Waals surface area contributed by atoms with Crippen LogP contribution in [0.5, 0.6) is 0 Å². The lowest BCUT2D eigenvalue weighted by Crippen LogP contribution is -2.61. The van der Waals surface area contributed by atoms with E-state index in [9.17, 15) is 14.4 Å². The molecule has 2 aliphatic heterocycles. The maximum atomic E-state index is 12.6. The van der Waals surface area contributed by atoms with Gasteiger partial charge in [0.15, 0.2) is 0 Å². The van der Waals surface area contributed by atoms with Crippen molar-refractivity contribution in [3.05, 3.63) is 30.1 Å². The molecule has 3 amide bonds. The highest BCUT2D eigenvalue weighted by Gasteiger charge is 2.46. The second kappa shape index (κ2) is 6.59. The summed E-state index contributed by atoms with van der Waals surface area (Å²) in [6.45, 7) is 4.41. The number of carbonyl (C=O) groups excluding carboxylic acids is 3. The van der Waals surface area contributed by atoms with Gasteiger partial charge >= 0.3 is 0 Å². The van der Waals surface area contributed by atoms with Crippen molar-refractivity contribution in [3.63, 3.8) is 0 Å². The van der Waals surface area contributed by atoms with Gasteiger partial charge in [0.2, 0.25) is 11.8 Å². The molecule has 0 aromatic carbocycles. The number of hydrogen-bond donors (Lipinski definition) is 2. The molecule has 3 heterocycles. The minimum absolute atomic E-state index is 0.0496. The Bertz CT molecular complexity index is 646. The van der Waals surface area contributed by atoms with E-state index in [0.717, 1.165) is 0 Å². The van der Waals surface area contributed by atoms with Crippen LogP contribution in [0.2, 0.25) is 0 Å². The number of amides is 3. The summed E-state index contributed by atoms with van der Waals surface area (Å²) in [6, 6.07) is 2.21. The third-order valence-electron chi connectivity index (χ3n) is 4.47. The minimum atomic E-state index is -0.486. The summed E-state index contributed by atoms with van der Waals surface area (Å²) >= 11 is 0. The molecule has 1 aromatic rings. The number of piperazine rings is 1. The van der Waals surface area contributed by atoms with Gasteiger partial charge in [-0.2, -0.15) is 0 Å². The third-order valence-corrected chi connectivity index (χ3v) is 4.47. The lowest BCUT2D eigenvalue weighted by atomic mass is 9.99. The molecule has 1 aromatic heterocycles. The molecule has 3 atom stereocenters. The third kappa shape index (κ3) is 3.25. The van der Waals surface area contributed by atoms with Crippen LogP contribution in [0.25, 0.3) is 0 Å². The molecular weight excluding hydrogens is 308 g/mol. The van der Waals surface area contributed by atoms with E-state index in [-0.39, 0.29) is 23.8 Å². The van der Waals surface area contributed by atoms with E-state index in [0.29, 0.717) is 30.9 Å². The molecule has 0 aliphatic carbocycles. The van der Waals surface area contributed by atoms with E-state index in [2.05, 4.69) is 15.6 Å². The fourth-order valence-corrected chi connectivity index (χ4v) is 3.36. The molecule has 3 rings (SSSR count). The van der Waals surface area contributed by atoms with Crippen LogP contribution >= 0.6 is 0 Å². The van der Waals surface area contributed by atoms with E-state index in [1.165, 1.54) is 6.20 Å². The summed E-state index contributed by atoms with van der Waals surface area (Å²) in [5.74, 6) is -0.0937. The van der Waals surface area contributed by atoms with Gasteiger partial charge in [0.05, 0.1) is 5.56 Å². The quantitative estimate of drug-likeness (QED) is 0.832. The van der Waals surface area contributed by atoms with Crippen LogP contribution in [0, 0.1) is 5.92 Å². The first-order chi connectivity index (χ1) is 11.5. The topological polar surface area (TPSA) is 91.4 Å². The predicted octanol–water partition coefficient (Wildman–Crippen LogP) is 0.325. The molecule has 2 aliphatic rings. The van der Waals surface area contributed by atoms with Gasteiger partial charge in [-0.3, -0.25) is 19.4 Å². The van der Waals surface area contributed by atoms with Crippen LogP contribution in [0.15, 0.2) is 24.5 Å². The average molecular weight is 330 g/mol. The number of aromatic nitrogens is 1. The first kappa shape index (κ1) is 16.4. The van der Waals surface area contributed by atoms with E-state index in [4.69, 9.17) is 0 Å². The second-order valence-electron chi connectivity index (χ2n) is 6.84. The Kier molecular flexibility index (Phi) is 4.51. The highest BCUT2D eigenvalue weighted by Crippen LogP contribution is 2.24. The molecule has 128 valence electrons. The standard InChI is InChI=1S/C17H22N4O3/c1-10(2)6-13-17(24)21-9-12(7-14(21)16(23)20-13)19-15(22)11-4-3-5-18-8-11/h3-5,8,10,12-14H,6-7,9H2,1-2H3,(H,19,22)(H,20,23)/t12-,13+,14-/m0/s1. The van der Waals surface area contributed by atoms with Crippen molar-refractivity contribution in [2.45, 2.75) is 44.8 Å². The van der Waals surface area contributed by atoms with Gasteiger partial charge in [0, 0.05) is 25.0 Å². The van der Waals surface area contributed by atoms with Crippen LogP contribution < -0.4 is 10.6 Å². The maximum absolute atomic E-state index is 12.6. The van der Waals surface area contributed by atoms with Crippen LogP contribution in [0.3, 0.4) is 0 Å². The van der Waals surface area contributed by atoms with Crippen molar-refractivity contribution in [2.75, 3.05) is 6.54 Å². The number of fused-ring (bicyclic) bond motifs is 1. The number of nitrogens with zero attached hydrogens (tertiary/aromatic N) is 2. The molecule has 7 nitrogen and oxygen atoms in total. The summed E-state index contributed by atoms with van der Waals surface area (Å²) in [7, 11) is 0. The van der Waals surface area contributed by atoms with Gasteiger partial charge in [-0.05, 0) is 30.9 Å². The SMILES string of the molecule is CC(C)C[C@H]1NC(=O)[C@@H]2C[C@H](NC(=O)c3cccnc3)CN2C1=O. The van der Waals surface area contributed by atoms with Gasteiger partial charge in [0.1, 0.15) is 12.1 Å². The Morgan fingerprint density at radius 2 is 2.25 bits per heavy atom. The summed E-state index contributed by atoms with van der Waals surface area (Å²) in [4.78, 5) is 42.6. The second-order valence-corrected chi connectivity index (χ2v) is 6.84. The normalized spacial score (nSPS) is 26.3. The number of carbonyl (C=O) groups is 3. The van der Waals surface area contributed by atoms with Crippen LogP contribution in [-0.4, -0.2) is 52.3 Å². The zero-order chi connectivity index (χ0) is 17.3. The maximum Gasteiger partial charge on any atom is 0.253 e. The smallest absolute Gasteiger partial charge is 0.253 e. The molecule has 2 N–H and O–H groups in total. The Hall–Kier alpha value is -2.44. The Morgan fingerprint density at radius 3 is 2.92 bits per heavy atom. The lowest BCUT2D eigenvalue weighted by Gasteiger charge is -2.35. The summed E-state index contributed by atoms with van der Waals surface area (Å²) in [5.41, 5.74) is 0.468. The number of nitrogens with one attached hydrogen (secondary N) is 2. The number of hydrogen-bond acceptors (Lipinski definition) is 4. The molecule has 0 radical (unpaired) electrons. The van der Waals surface area contributed by atoms with E-state index < -0.39 is 12.1 Å². The molecule has 0 bridgehead atoms. The van der Waals surface area contributed by atoms with Gasteiger partial charge in [-0.15, -0.1) is 0 Å². The Labute approximate surface area is 140 Å². The fourth-order valence-electron chi connectivity index (χ4n) is 3.36. The summed E-state index contributed by atoms with van der Waals surface area (Å²) in [5, 5.41) is 5.72. The molecule has 24 heavy (non-hydrogen) atoms. The van der Waals surface area contributed by atoms with Crippen molar-refractivity contribution in [2.24, 2.45) is 5.92 Å². The van der Waals surface area contributed by atoms with Crippen LogP contribution in [0.4, 0.5) is 0 Å². The number of rotatable bonds is 4. The molecular formula is C17H22N4O3. The van der Waals surface area contributed by atoms with Crippen LogP contribution in [-0.2, 0) is 9.59 Å². The van der Waals surface area contributed by atoms with Gasteiger partial charge in [0.25, 0.3) is 5.91 Å². The van der Waals surface area contributed by atoms with Gasteiger partial charge in [-0.1, -0.05) is 13.8 Å². The molecule has 2 saturated heterocycles. The predicted molar refractivity (Wildman–Crippen MR) is 87.0 cm³/mol. The summed E-state index contributed by atoms with van der Waals surface area (Å²) < 4.78 is 0. The van der Waals surface area contributed by atoms with Crippen LogP contribution in [0.1, 0.15) is 37.0 Å². The number of pyridine rings is 1. The fraction of sp³-hybridized carbons (Fsp3) is 0.529. The van der Waals surface area contributed by atoms with Gasteiger partial charge < -0.3 is 15.5 Å². The molecule has 2 fully saturated rings. The van der Waals surface area contributed by atoms with Gasteiger partial charge in [-0.25, -0.2) is 0 Å². The molecule has 7 heteroatoms. The molecule has 0 spiro atoms. The molecule has 0 saturated carbocycles. The van der Waals surface area contributed by atoms with E-state index in [1.807, 2.05) is 13.8 Å². The monoisotopic (exact) mass is 330 g/mol. The van der Waals surface area contributed by atoms with Crippen molar-refractivity contribution in [1.82, 2.24) is 20.5 Å². The minimum Gasteiger partial charge on any atom is -0.347 e. The van der Waals surface area contributed by atoms with E-state index >= 15 is 0 Å². The van der Waals surface area contributed by atoms with Crippen molar-refractivity contribution >= 4 is 17.7 Å². The van der Waals surface area contributed by atoms with Crippen molar-refractivity contribution in [1.29, 1.82) is 0 Å². The molecule has 0 unspecified atom stereocenters. The highest BCUT2D eigenvalue weighted by molar-refractivity contribution is 5.98. The van der Waals surface area contributed by atoms with Crippen molar-refractivity contribution in [3.8, 4) is 0 Å². The Morgan fingerprint density at radius 1 is 1.46 bits per heavy atom.